The Labute approximate surface area is 116 Å². The first kappa shape index (κ1) is 15.6. The lowest BCUT2D eigenvalue weighted by Crippen LogP contribution is -2.13. The van der Waals surface area contributed by atoms with Crippen molar-refractivity contribution in [3.63, 3.8) is 0 Å². The van der Waals surface area contributed by atoms with Gasteiger partial charge in [-0.2, -0.15) is 0 Å². The second kappa shape index (κ2) is 9.45. The molecule has 0 bridgehead atoms. The summed E-state index contributed by atoms with van der Waals surface area (Å²) in [5.74, 6) is 1.77. The summed E-state index contributed by atoms with van der Waals surface area (Å²) in [5, 5.41) is 3.32. The van der Waals surface area contributed by atoms with Crippen molar-refractivity contribution in [2.45, 2.75) is 33.2 Å². The van der Waals surface area contributed by atoms with Crippen molar-refractivity contribution in [2.75, 3.05) is 19.8 Å². The minimum Gasteiger partial charge on any atom is -0.493 e. The van der Waals surface area contributed by atoms with Crippen LogP contribution in [0.5, 0.6) is 11.5 Å². The van der Waals surface area contributed by atoms with Gasteiger partial charge in [0.2, 0.25) is 0 Å². The van der Waals surface area contributed by atoms with Crippen molar-refractivity contribution in [3.05, 3.63) is 36.4 Å². The van der Waals surface area contributed by atoms with Crippen molar-refractivity contribution >= 4 is 0 Å². The molecular formula is C16H25NO2. The molecule has 0 atom stereocenters. The molecule has 1 aromatic rings. The van der Waals surface area contributed by atoms with Crippen LogP contribution in [-0.4, -0.2) is 19.8 Å². The van der Waals surface area contributed by atoms with Gasteiger partial charge in [-0.1, -0.05) is 26.0 Å². The Kier molecular flexibility index (Phi) is 7.75. The third-order valence-electron chi connectivity index (χ3n) is 2.66. The zero-order chi connectivity index (χ0) is 13.9. The number of ether oxygens (including phenoxy) is 2. The summed E-state index contributed by atoms with van der Waals surface area (Å²) in [6.07, 6.45) is 3.72. The van der Waals surface area contributed by atoms with Crippen molar-refractivity contribution < 1.29 is 9.47 Å². The molecule has 0 fully saturated rings. The van der Waals surface area contributed by atoms with Gasteiger partial charge in [0.15, 0.2) is 0 Å². The van der Waals surface area contributed by atoms with E-state index >= 15 is 0 Å². The average molecular weight is 263 g/mol. The van der Waals surface area contributed by atoms with E-state index in [0.717, 1.165) is 49.6 Å². The maximum atomic E-state index is 5.80. The van der Waals surface area contributed by atoms with Crippen LogP contribution in [0, 0.1) is 0 Å². The van der Waals surface area contributed by atoms with Crippen LogP contribution in [0.1, 0.15) is 32.3 Å². The van der Waals surface area contributed by atoms with E-state index in [1.807, 2.05) is 18.2 Å². The van der Waals surface area contributed by atoms with Gasteiger partial charge in [0.1, 0.15) is 11.5 Å². The van der Waals surface area contributed by atoms with E-state index in [9.17, 15) is 0 Å². The quantitative estimate of drug-likeness (QED) is 0.517. The molecule has 3 nitrogen and oxygen atoms in total. The van der Waals surface area contributed by atoms with Gasteiger partial charge in [0.25, 0.3) is 0 Å². The monoisotopic (exact) mass is 263 g/mol. The molecule has 0 saturated carbocycles. The van der Waals surface area contributed by atoms with Crippen LogP contribution in [0.3, 0.4) is 0 Å². The minimum atomic E-state index is 0.653. The molecule has 1 N–H and O–H groups in total. The van der Waals surface area contributed by atoms with Gasteiger partial charge in [-0.15, -0.1) is 6.58 Å². The van der Waals surface area contributed by atoms with Crippen LogP contribution in [0.15, 0.2) is 30.9 Å². The molecule has 0 unspecified atom stereocenters. The van der Waals surface area contributed by atoms with Crippen LogP contribution in [0.25, 0.3) is 0 Å². The molecular weight excluding hydrogens is 238 g/mol. The second-order valence-electron chi connectivity index (χ2n) is 4.32. The molecule has 19 heavy (non-hydrogen) atoms. The van der Waals surface area contributed by atoms with Crippen LogP contribution < -0.4 is 14.8 Å². The van der Waals surface area contributed by atoms with E-state index in [-0.39, 0.29) is 0 Å². The number of hydrogen-bond donors (Lipinski definition) is 1. The molecule has 0 aliphatic heterocycles. The fourth-order valence-electron chi connectivity index (χ4n) is 1.64. The molecule has 0 heterocycles. The smallest absolute Gasteiger partial charge is 0.127 e. The fraction of sp³-hybridized carbons (Fsp3) is 0.500. The van der Waals surface area contributed by atoms with Gasteiger partial charge < -0.3 is 14.8 Å². The standard InChI is InChI=1S/C16H25NO2/c1-4-7-11-19-16-12-15(18-10-5-2)9-8-14(16)13-17-6-3/h4,8-9,12,17H,1,5-7,10-11,13H2,2-3H3. The van der Waals surface area contributed by atoms with E-state index in [4.69, 9.17) is 9.47 Å². The van der Waals surface area contributed by atoms with E-state index in [0.29, 0.717) is 6.61 Å². The predicted molar refractivity (Wildman–Crippen MR) is 79.9 cm³/mol. The average Bonchev–Trinajstić information content (AvgIpc) is 2.44. The first-order chi connectivity index (χ1) is 9.31. The summed E-state index contributed by atoms with van der Waals surface area (Å²) in [4.78, 5) is 0. The second-order valence-corrected chi connectivity index (χ2v) is 4.32. The molecule has 0 aliphatic rings. The van der Waals surface area contributed by atoms with Crippen LogP contribution in [0.4, 0.5) is 0 Å². The predicted octanol–water partition coefficient (Wildman–Crippen LogP) is 3.54. The Bertz CT molecular complexity index is 377. The minimum absolute atomic E-state index is 0.653. The Morgan fingerprint density at radius 3 is 2.74 bits per heavy atom. The topological polar surface area (TPSA) is 30.5 Å². The van der Waals surface area contributed by atoms with Crippen molar-refractivity contribution in [1.82, 2.24) is 5.32 Å². The third kappa shape index (κ3) is 5.79. The highest BCUT2D eigenvalue weighted by molar-refractivity contribution is 5.40. The Hall–Kier alpha value is -1.48. The molecule has 0 aromatic heterocycles. The van der Waals surface area contributed by atoms with Gasteiger partial charge in [-0.25, -0.2) is 0 Å². The molecule has 1 aromatic carbocycles. The number of nitrogens with one attached hydrogen (secondary N) is 1. The molecule has 106 valence electrons. The summed E-state index contributed by atoms with van der Waals surface area (Å²) in [5.41, 5.74) is 1.16. The molecule has 0 radical (unpaired) electrons. The van der Waals surface area contributed by atoms with E-state index in [2.05, 4.69) is 31.8 Å². The van der Waals surface area contributed by atoms with E-state index in [1.165, 1.54) is 0 Å². The molecule has 0 saturated heterocycles. The number of hydrogen-bond acceptors (Lipinski definition) is 3. The van der Waals surface area contributed by atoms with Gasteiger partial charge in [0.05, 0.1) is 13.2 Å². The lowest BCUT2D eigenvalue weighted by atomic mass is 10.2. The molecule has 0 amide bonds. The van der Waals surface area contributed by atoms with E-state index < -0.39 is 0 Å². The van der Waals surface area contributed by atoms with Crippen molar-refractivity contribution in [1.29, 1.82) is 0 Å². The lowest BCUT2D eigenvalue weighted by molar-refractivity contribution is 0.302. The van der Waals surface area contributed by atoms with Crippen LogP contribution >= 0.6 is 0 Å². The van der Waals surface area contributed by atoms with Gasteiger partial charge in [-0.05, 0) is 25.5 Å². The van der Waals surface area contributed by atoms with Gasteiger partial charge in [0, 0.05) is 18.2 Å². The lowest BCUT2D eigenvalue weighted by Gasteiger charge is -2.13. The highest BCUT2D eigenvalue weighted by Crippen LogP contribution is 2.25. The first-order valence-electron chi connectivity index (χ1n) is 7.02. The van der Waals surface area contributed by atoms with Crippen LogP contribution in [0.2, 0.25) is 0 Å². The van der Waals surface area contributed by atoms with Crippen molar-refractivity contribution in [3.8, 4) is 11.5 Å². The Morgan fingerprint density at radius 1 is 1.21 bits per heavy atom. The Balaban J connectivity index is 2.73. The molecule has 1 rings (SSSR count). The largest absolute Gasteiger partial charge is 0.493 e. The van der Waals surface area contributed by atoms with E-state index in [1.54, 1.807) is 0 Å². The first-order valence-corrected chi connectivity index (χ1v) is 7.02. The van der Waals surface area contributed by atoms with Crippen LogP contribution in [-0.2, 0) is 6.54 Å². The van der Waals surface area contributed by atoms with Crippen molar-refractivity contribution in [2.24, 2.45) is 0 Å². The molecule has 0 spiro atoms. The zero-order valence-electron chi connectivity index (χ0n) is 12.1. The maximum Gasteiger partial charge on any atom is 0.127 e. The molecule has 0 aliphatic carbocycles. The summed E-state index contributed by atoms with van der Waals surface area (Å²) in [6.45, 7) is 11.0. The zero-order valence-corrected chi connectivity index (χ0v) is 12.1. The number of benzene rings is 1. The summed E-state index contributed by atoms with van der Waals surface area (Å²) in [7, 11) is 0. The van der Waals surface area contributed by atoms with Gasteiger partial charge >= 0.3 is 0 Å². The highest BCUT2D eigenvalue weighted by atomic mass is 16.5. The summed E-state index contributed by atoms with van der Waals surface area (Å²) < 4.78 is 11.4. The molecule has 3 heteroatoms. The maximum absolute atomic E-state index is 5.80. The summed E-state index contributed by atoms with van der Waals surface area (Å²) in [6, 6.07) is 6.05. The van der Waals surface area contributed by atoms with Gasteiger partial charge in [-0.3, -0.25) is 0 Å². The summed E-state index contributed by atoms with van der Waals surface area (Å²) >= 11 is 0. The SMILES string of the molecule is C=CCCOc1cc(OCCC)ccc1CNCC. The Morgan fingerprint density at radius 2 is 2.05 bits per heavy atom. The third-order valence-corrected chi connectivity index (χ3v) is 2.66. The normalized spacial score (nSPS) is 10.2. The number of rotatable bonds is 10. The fourth-order valence-corrected chi connectivity index (χ4v) is 1.64. The highest BCUT2D eigenvalue weighted by Gasteiger charge is 2.06.